The molecule has 4 aromatic rings. The van der Waals surface area contributed by atoms with Crippen molar-refractivity contribution in [3.05, 3.63) is 83.2 Å². The number of aromatic nitrogens is 2. The molecule has 7 heteroatoms. The van der Waals surface area contributed by atoms with Crippen LogP contribution >= 0.6 is 11.6 Å². The highest BCUT2D eigenvalue weighted by molar-refractivity contribution is 6.30. The molecule has 2 amide bonds. The van der Waals surface area contributed by atoms with E-state index < -0.39 is 0 Å². The predicted octanol–water partition coefficient (Wildman–Crippen LogP) is 4.85. The highest BCUT2D eigenvalue weighted by atomic mass is 35.5. The van der Waals surface area contributed by atoms with E-state index in [1.165, 1.54) is 5.39 Å². The molecule has 0 saturated carbocycles. The third kappa shape index (κ3) is 3.62. The summed E-state index contributed by atoms with van der Waals surface area (Å²) in [5, 5.41) is 9.99. The summed E-state index contributed by atoms with van der Waals surface area (Å²) in [5.74, 6) is 1.10. The van der Waals surface area contributed by atoms with Crippen LogP contribution in [0.15, 0.2) is 71.3 Å². The van der Waals surface area contributed by atoms with E-state index in [2.05, 4.69) is 33.7 Å². The number of fused-ring (bicyclic) bond motifs is 1. The van der Waals surface area contributed by atoms with E-state index in [-0.39, 0.29) is 11.9 Å². The van der Waals surface area contributed by atoms with Crippen molar-refractivity contribution in [2.24, 2.45) is 0 Å². The summed E-state index contributed by atoms with van der Waals surface area (Å²) < 4.78 is 5.41. The second-order valence-electron chi connectivity index (χ2n) is 7.37. The van der Waals surface area contributed by atoms with Crippen molar-refractivity contribution in [3.8, 4) is 11.4 Å². The first-order valence-corrected chi connectivity index (χ1v) is 10.1. The highest BCUT2D eigenvalue weighted by Gasteiger charge is 2.35. The third-order valence-electron chi connectivity index (χ3n) is 5.35. The number of urea groups is 1. The maximum Gasteiger partial charge on any atom is 0.317 e. The van der Waals surface area contributed by atoms with Crippen molar-refractivity contribution in [2.45, 2.75) is 12.5 Å². The van der Waals surface area contributed by atoms with E-state index in [1.807, 2.05) is 36.4 Å². The van der Waals surface area contributed by atoms with E-state index in [1.54, 1.807) is 17.0 Å². The Morgan fingerprint density at radius 2 is 1.90 bits per heavy atom. The minimum atomic E-state index is -0.0891. The second-order valence-corrected chi connectivity index (χ2v) is 7.80. The van der Waals surface area contributed by atoms with Gasteiger partial charge in [-0.3, -0.25) is 0 Å². The maximum absolute atomic E-state index is 12.5. The number of hydrogen-bond donors (Lipinski definition) is 1. The first kappa shape index (κ1) is 18.6. The quantitative estimate of drug-likeness (QED) is 0.514. The molecule has 30 heavy (non-hydrogen) atoms. The van der Waals surface area contributed by atoms with Gasteiger partial charge < -0.3 is 14.7 Å². The van der Waals surface area contributed by atoms with Crippen LogP contribution in [0.1, 0.15) is 17.4 Å². The molecule has 150 valence electrons. The molecule has 1 fully saturated rings. The zero-order valence-corrected chi connectivity index (χ0v) is 16.8. The molecule has 0 spiro atoms. The molecule has 1 aliphatic rings. The van der Waals surface area contributed by atoms with Crippen LogP contribution in [0.5, 0.6) is 0 Å². The summed E-state index contributed by atoms with van der Waals surface area (Å²) in [7, 11) is 0. The summed E-state index contributed by atoms with van der Waals surface area (Å²) >= 11 is 6.03. The van der Waals surface area contributed by atoms with E-state index in [4.69, 9.17) is 16.1 Å². The molecule has 1 N–H and O–H groups in total. The van der Waals surface area contributed by atoms with Gasteiger partial charge in [-0.2, -0.15) is 4.98 Å². The Morgan fingerprint density at radius 3 is 2.77 bits per heavy atom. The fourth-order valence-electron chi connectivity index (χ4n) is 3.68. The highest BCUT2D eigenvalue weighted by Crippen LogP contribution is 2.28. The van der Waals surface area contributed by atoms with Crippen LogP contribution in [0, 0.1) is 0 Å². The van der Waals surface area contributed by atoms with Gasteiger partial charge in [-0.1, -0.05) is 71.4 Å². The van der Waals surface area contributed by atoms with Gasteiger partial charge in [-0.25, -0.2) is 4.79 Å². The fraction of sp³-hybridized carbons (Fsp3) is 0.174. The molecule has 2 heterocycles. The minimum Gasteiger partial charge on any atom is -0.339 e. The van der Waals surface area contributed by atoms with Crippen LogP contribution in [0.3, 0.4) is 0 Å². The average molecular weight is 419 g/mol. The third-order valence-corrected chi connectivity index (χ3v) is 5.59. The fourth-order valence-corrected chi connectivity index (χ4v) is 3.87. The van der Waals surface area contributed by atoms with E-state index in [0.29, 0.717) is 36.4 Å². The number of carbonyl (C=O) groups is 1. The number of amides is 2. The van der Waals surface area contributed by atoms with Crippen molar-refractivity contribution in [3.63, 3.8) is 0 Å². The Labute approximate surface area is 178 Å². The SMILES string of the molecule is O=C(NCc1cccc2ccccc12)N1CC(c2nc(-c3cccc(Cl)c3)no2)C1. The normalized spacial score (nSPS) is 14.0. The van der Waals surface area contributed by atoms with Crippen LogP contribution in [0.25, 0.3) is 22.2 Å². The molecule has 5 rings (SSSR count). The van der Waals surface area contributed by atoms with Crippen molar-refractivity contribution in [1.29, 1.82) is 0 Å². The van der Waals surface area contributed by atoms with Gasteiger partial charge in [0.25, 0.3) is 0 Å². The van der Waals surface area contributed by atoms with Gasteiger partial charge in [0.15, 0.2) is 0 Å². The summed E-state index contributed by atoms with van der Waals surface area (Å²) in [6.07, 6.45) is 0. The number of nitrogens with one attached hydrogen (secondary N) is 1. The molecule has 1 aromatic heterocycles. The van der Waals surface area contributed by atoms with Crippen molar-refractivity contribution >= 4 is 28.4 Å². The van der Waals surface area contributed by atoms with Gasteiger partial charge in [0.1, 0.15) is 0 Å². The van der Waals surface area contributed by atoms with Gasteiger partial charge in [-0.05, 0) is 28.5 Å². The number of halogens is 1. The first-order chi connectivity index (χ1) is 14.7. The molecule has 0 atom stereocenters. The van der Waals surface area contributed by atoms with Crippen LogP contribution in [-0.2, 0) is 6.54 Å². The average Bonchev–Trinajstić information content (AvgIpc) is 3.21. The van der Waals surface area contributed by atoms with Gasteiger partial charge in [0, 0.05) is 30.2 Å². The Hall–Kier alpha value is -3.38. The van der Waals surface area contributed by atoms with Gasteiger partial charge in [0.2, 0.25) is 11.7 Å². The van der Waals surface area contributed by atoms with Crippen molar-refractivity contribution in [2.75, 3.05) is 13.1 Å². The van der Waals surface area contributed by atoms with E-state index in [9.17, 15) is 4.79 Å². The summed E-state index contributed by atoms with van der Waals surface area (Å²) in [6.45, 7) is 1.60. The molecule has 0 radical (unpaired) electrons. The van der Waals surface area contributed by atoms with Crippen LogP contribution in [0.4, 0.5) is 4.79 Å². The Balaban J connectivity index is 1.18. The number of nitrogens with zero attached hydrogens (tertiary/aromatic N) is 3. The number of benzene rings is 3. The molecule has 1 aliphatic heterocycles. The molecule has 1 saturated heterocycles. The lowest BCUT2D eigenvalue weighted by Crippen LogP contribution is -2.52. The van der Waals surface area contributed by atoms with Crippen molar-refractivity contribution < 1.29 is 9.32 Å². The maximum atomic E-state index is 12.5. The zero-order chi connectivity index (χ0) is 20.5. The predicted molar refractivity (Wildman–Crippen MR) is 115 cm³/mol. The number of carbonyl (C=O) groups excluding carboxylic acids is 1. The molecule has 0 aliphatic carbocycles. The van der Waals surface area contributed by atoms with Crippen molar-refractivity contribution in [1.82, 2.24) is 20.4 Å². The van der Waals surface area contributed by atoms with Crippen LogP contribution < -0.4 is 5.32 Å². The lowest BCUT2D eigenvalue weighted by atomic mass is 10.0. The smallest absolute Gasteiger partial charge is 0.317 e. The summed E-state index contributed by atoms with van der Waals surface area (Å²) in [6, 6.07) is 21.5. The summed E-state index contributed by atoms with van der Waals surface area (Å²) in [4.78, 5) is 18.7. The molecule has 0 unspecified atom stereocenters. The molecule has 6 nitrogen and oxygen atoms in total. The monoisotopic (exact) mass is 418 g/mol. The Bertz CT molecular complexity index is 1210. The standard InChI is InChI=1S/C23H19ClN4O2/c24-19-9-4-7-16(11-19)21-26-22(30-27-21)18-13-28(14-18)23(29)25-12-17-8-3-6-15-5-1-2-10-20(15)17/h1-11,18H,12-14H2,(H,25,29). The largest absolute Gasteiger partial charge is 0.339 e. The number of likely N-dealkylation sites (tertiary alicyclic amines) is 1. The Morgan fingerprint density at radius 1 is 1.10 bits per heavy atom. The number of rotatable bonds is 4. The molecule has 3 aromatic carbocycles. The van der Waals surface area contributed by atoms with E-state index >= 15 is 0 Å². The Kier molecular flexibility index (Phi) is 4.85. The lowest BCUT2D eigenvalue weighted by molar-refractivity contribution is 0.136. The first-order valence-electron chi connectivity index (χ1n) is 9.76. The lowest BCUT2D eigenvalue weighted by Gasteiger charge is -2.36. The van der Waals surface area contributed by atoms with Crippen LogP contribution in [0.2, 0.25) is 5.02 Å². The second kappa shape index (κ2) is 7.80. The van der Waals surface area contributed by atoms with Gasteiger partial charge in [-0.15, -0.1) is 0 Å². The molecular weight excluding hydrogens is 400 g/mol. The van der Waals surface area contributed by atoms with E-state index in [0.717, 1.165) is 16.5 Å². The molecular formula is C23H19ClN4O2. The van der Waals surface area contributed by atoms with Crippen LogP contribution in [-0.4, -0.2) is 34.2 Å². The number of hydrogen-bond acceptors (Lipinski definition) is 4. The zero-order valence-electron chi connectivity index (χ0n) is 16.1. The van der Waals surface area contributed by atoms with Gasteiger partial charge >= 0.3 is 6.03 Å². The minimum absolute atomic E-state index is 0.0498. The topological polar surface area (TPSA) is 71.3 Å². The molecule has 0 bridgehead atoms. The summed E-state index contributed by atoms with van der Waals surface area (Å²) in [5.41, 5.74) is 1.91. The van der Waals surface area contributed by atoms with Gasteiger partial charge in [0.05, 0.1) is 5.92 Å².